The van der Waals surface area contributed by atoms with E-state index in [4.69, 9.17) is 4.74 Å². The molecule has 4 aromatic rings. The third-order valence-corrected chi connectivity index (χ3v) is 6.78. The Labute approximate surface area is 182 Å². The van der Waals surface area contributed by atoms with Crippen molar-refractivity contribution in [2.75, 3.05) is 11.9 Å². The van der Waals surface area contributed by atoms with Crippen LogP contribution < -0.4 is 5.32 Å². The van der Waals surface area contributed by atoms with E-state index in [1.807, 2.05) is 12.1 Å². The number of carbonyl (C=O) groups excluding carboxylic acids is 1. The van der Waals surface area contributed by atoms with E-state index in [1.165, 1.54) is 21.8 Å². The highest BCUT2D eigenvalue weighted by Crippen LogP contribution is 2.49. The molecular weight excluding hydrogens is 440 g/mol. The lowest BCUT2D eigenvalue weighted by molar-refractivity contribution is -0.136. The van der Waals surface area contributed by atoms with Crippen molar-refractivity contribution in [2.45, 2.75) is 19.4 Å². The van der Waals surface area contributed by atoms with Gasteiger partial charge in [0.25, 0.3) is 0 Å². The highest BCUT2D eigenvalue weighted by molar-refractivity contribution is 9.10. The minimum Gasteiger partial charge on any atom is -0.456 e. The summed E-state index contributed by atoms with van der Waals surface area (Å²) >= 11 is 3.54. The van der Waals surface area contributed by atoms with Crippen LogP contribution in [0.2, 0.25) is 0 Å². The van der Waals surface area contributed by atoms with E-state index in [9.17, 15) is 4.79 Å². The molecule has 0 fully saturated rings. The van der Waals surface area contributed by atoms with Gasteiger partial charge in [-0.3, -0.25) is 0 Å². The summed E-state index contributed by atoms with van der Waals surface area (Å²) in [6, 6.07) is 21.1. The molecule has 3 heterocycles. The summed E-state index contributed by atoms with van der Waals surface area (Å²) in [6.07, 6.45) is 0. The third kappa shape index (κ3) is 2.36. The topological polar surface area (TPSA) is 43.3 Å². The first-order chi connectivity index (χ1) is 14.7. The second-order valence-electron chi connectivity index (χ2n) is 7.76. The van der Waals surface area contributed by atoms with Gasteiger partial charge in [0, 0.05) is 44.4 Å². The van der Waals surface area contributed by atoms with E-state index in [2.05, 4.69) is 81.3 Å². The van der Waals surface area contributed by atoms with E-state index in [0.717, 1.165) is 39.1 Å². The number of cyclic esters (lactones) is 1. The van der Waals surface area contributed by atoms with Crippen LogP contribution in [-0.2, 0) is 16.1 Å². The predicted octanol–water partition coefficient (Wildman–Crippen LogP) is 5.95. The molecule has 0 bridgehead atoms. The molecule has 5 heteroatoms. The van der Waals surface area contributed by atoms with Gasteiger partial charge in [-0.2, -0.15) is 0 Å². The van der Waals surface area contributed by atoms with Gasteiger partial charge in [-0.25, -0.2) is 4.79 Å². The smallest absolute Gasteiger partial charge is 0.337 e. The summed E-state index contributed by atoms with van der Waals surface area (Å²) in [6.45, 7) is 3.36. The molecule has 1 aromatic heterocycles. The number of carbonyl (C=O) groups is 1. The standard InChI is InChI=1S/C25H19BrN2O2/c1-2-28-19-6-4-3-5-16(19)22-20(28)12-11-17-23(22)21(14-7-9-15(26)10-8-14)24-18(27-17)13-30-25(24)29/h3-12,21,27H,2,13H2,1H3. The molecule has 0 radical (unpaired) electrons. The first kappa shape index (κ1) is 17.8. The molecule has 3 aromatic carbocycles. The molecule has 148 valence electrons. The van der Waals surface area contributed by atoms with Crippen molar-refractivity contribution in [2.24, 2.45) is 0 Å². The van der Waals surface area contributed by atoms with E-state index in [-0.39, 0.29) is 11.9 Å². The fourth-order valence-electron chi connectivity index (χ4n) is 5.02. The third-order valence-electron chi connectivity index (χ3n) is 6.25. The van der Waals surface area contributed by atoms with Crippen LogP contribution in [0.4, 0.5) is 5.69 Å². The fraction of sp³-hybridized carbons (Fsp3) is 0.160. The minimum atomic E-state index is -0.229. The van der Waals surface area contributed by atoms with Crippen LogP contribution in [-0.4, -0.2) is 17.1 Å². The summed E-state index contributed by atoms with van der Waals surface area (Å²) in [5.74, 6) is -0.397. The minimum absolute atomic E-state index is 0.167. The number of para-hydroxylation sites is 1. The second-order valence-corrected chi connectivity index (χ2v) is 8.68. The number of halogens is 1. The van der Waals surface area contributed by atoms with Crippen molar-refractivity contribution in [3.8, 4) is 0 Å². The zero-order valence-electron chi connectivity index (χ0n) is 16.4. The number of fused-ring (bicyclic) bond motifs is 5. The van der Waals surface area contributed by atoms with Gasteiger partial charge in [-0.15, -0.1) is 0 Å². The van der Waals surface area contributed by atoms with Crippen molar-refractivity contribution in [1.82, 2.24) is 4.57 Å². The number of benzene rings is 3. The second kappa shape index (κ2) is 6.47. The molecule has 2 aliphatic rings. The monoisotopic (exact) mass is 458 g/mol. The van der Waals surface area contributed by atoms with Gasteiger partial charge in [0.2, 0.25) is 0 Å². The molecule has 4 nitrogen and oxygen atoms in total. The Hall–Kier alpha value is -3.05. The Morgan fingerprint density at radius 3 is 2.67 bits per heavy atom. The molecule has 0 amide bonds. The molecule has 1 unspecified atom stereocenters. The highest BCUT2D eigenvalue weighted by atomic mass is 79.9. The molecule has 6 rings (SSSR count). The molecule has 1 N–H and O–H groups in total. The number of nitrogens with zero attached hydrogens (tertiary/aromatic N) is 1. The molecule has 0 saturated carbocycles. The molecule has 2 aliphatic heterocycles. The summed E-state index contributed by atoms with van der Waals surface area (Å²) in [5.41, 5.74) is 7.29. The fourth-order valence-corrected chi connectivity index (χ4v) is 5.29. The van der Waals surface area contributed by atoms with Crippen LogP contribution in [0.5, 0.6) is 0 Å². The molecule has 1 atom stereocenters. The van der Waals surface area contributed by atoms with Crippen molar-refractivity contribution in [3.63, 3.8) is 0 Å². The van der Waals surface area contributed by atoms with Crippen LogP contribution in [0.1, 0.15) is 24.0 Å². The van der Waals surface area contributed by atoms with Crippen LogP contribution in [0.15, 0.2) is 76.4 Å². The van der Waals surface area contributed by atoms with E-state index < -0.39 is 0 Å². The van der Waals surface area contributed by atoms with Gasteiger partial charge in [-0.05, 0) is 48.4 Å². The molecular formula is C25H19BrN2O2. The Morgan fingerprint density at radius 2 is 1.87 bits per heavy atom. The van der Waals surface area contributed by atoms with Gasteiger partial charge < -0.3 is 14.6 Å². The zero-order chi connectivity index (χ0) is 20.4. The normalized spacial score (nSPS) is 17.8. The van der Waals surface area contributed by atoms with Gasteiger partial charge in [-0.1, -0.05) is 46.3 Å². The number of hydrogen-bond donors (Lipinski definition) is 1. The Morgan fingerprint density at radius 1 is 1.07 bits per heavy atom. The number of ether oxygens (including phenoxy) is 1. The van der Waals surface area contributed by atoms with Crippen LogP contribution in [0.3, 0.4) is 0 Å². The van der Waals surface area contributed by atoms with Gasteiger partial charge in [0.05, 0.1) is 11.3 Å². The number of hydrogen-bond acceptors (Lipinski definition) is 3. The van der Waals surface area contributed by atoms with Crippen molar-refractivity contribution < 1.29 is 9.53 Å². The quantitative estimate of drug-likeness (QED) is 0.377. The lowest BCUT2D eigenvalue weighted by Crippen LogP contribution is -2.20. The Balaban J connectivity index is 1.75. The van der Waals surface area contributed by atoms with E-state index in [1.54, 1.807) is 0 Å². The number of rotatable bonds is 2. The average Bonchev–Trinajstić information content (AvgIpc) is 3.30. The van der Waals surface area contributed by atoms with Crippen molar-refractivity contribution >= 4 is 49.4 Å². The van der Waals surface area contributed by atoms with E-state index in [0.29, 0.717) is 6.61 Å². The lowest BCUT2D eigenvalue weighted by Gasteiger charge is -2.28. The van der Waals surface area contributed by atoms with Crippen LogP contribution in [0.25, 0.3) is 21.8 Å². The van der Waals surface area contributed by atoms with Gasteiger partial charge in [0.1, 0.15) is 6.61 Å². The van der Waals surface area contributed by atoms with Crippen LogP contribution >= 0.6 is 15.9 Å². The average molecular weight is 459 g/mol. The van der Waals surface area contributed by atoms with Crippen molar-refractivity contribution in [3.05, 3.63) is 87.5 Å². The summed E-state index contributed by atoms with van der Waals surface area (Å²) in [4.78, 5) is 12.8. The number of nitrogens with one attached hydrogen (secondary N) is 1. The number of aromatic nitrogens is 1. The summed E-state index contributed by atoms with van der Waals surface area (Å²) in [5, 5.41) is 5.92. The van der Waals surface area contributed by atoms with Crippen molar-refractivity contribution in [1.29, 1.82) is 0 Å². The summed E-state index contributed by atoms with van der Waals surface area (Å²) in [7, 11) is 0. The zero-order valence-corrected chi connectivity index (χ0v) is 18.0. The predicted molar refractivity (Wildman–Crippen MR) is 123 cm³/mol. The summed E-state index contributed by atoms with van der Waals surface area (Å²) < 4.78 is 8.81. The number of anilines is 1. The first-order valence-electron chi connectivity index (χ1n) is 10.1. The highest BCUT2D eigenvalue weighted by Gasteiger charge is 2.39. The molecule has 0 spiro atoms. The van der Waals surface area contributed by atoms with Gasteiger partial charge >= 0.3 is 5.97 Å². The molecule has 0 saturated heterocycles. The SMILES string of the molecule is CCn1c2ccccc2c2c3c(ccc21)NC1=C(C(=O)OC1)C3c1ccc(Br)cc1. The maximum atomic E-state index is 12.8. The molecule has 30 heavy (non-hydrogen) atoms. The van der Waals surface area contributed by atoms with E-state index >= 15 is 0 Å². The molecule has 0 aliphatic carbocycles. The maximum Gasteiger partial charge on any atom is 0.337 e. The maximum absolute atomic E-state index is 12.8. The largest absolute Gasteiger partial charge is 0.456 e. The van der Waals surface area contributed by atoms with Crippen LogP contribution in [0, 0.1) is 0 Å². The number of esters is 1. The number of aryl methyl sites for hydroxylation is 1. The Bertz CT molecular complexity index is 1380. The first-order valence-corrected chi connectivity index (χ1v) is 10.9. The van der Waals surface area contributed by atoms with Gasteiger partial charge in [0.15, 0.2) is 0 Å². The Kier molecular flexibility index (Phi) is 3.84. The lowest BCUT2D eigenvalue weighted by atomic mass is 9.79.